The first-order chi connectivity index (χ1) is 9.93. The number of nitrogens with one attached hydrogen (secondary N) is 1. The molecular weight excluding hydrogens is 243 g/mol. The summed E-state index contributed by atoms with van der Waals surface area (Å²) in [7, 11) is 0. The molecule has 0 aliphatic carbocycles. The summed E-state index contributed by atoms with van der Waals surface area (Å²) in [5.41, 5.74) is 11.6. The van der Waals surface area contributed by atoms with Crippen LogP contribution in [0.3, 0.4) is 0 Å². The Bertz CT molecular complexity index is 857. The van der Waals surface area contributed by atoms with E-state index in [1.54, 1.807) is 0 Å². The van der Waals surface area contributed by atoms with Crippen LogP contribution in [0.25, 0.3) is 11.1 Å². The Balaban J connectivity index is 1.93. The predicted molar refractivity (Wildman–Crippen MR) is 82.2 cm³/mol. The number of benzene rings is 2. The lowest BCUT2D eigenvalue weighted by Crippen LogP contribution is -2.71. The van der Waals surface area contributed by atoms with Crippen LogP contribution in [0.15, 0.2) is 66.9 Å². The van der Waals surface area contributed by atoms with E-state index in [0.717, 1.165) is 0 Å². The molecule has 0 unspecified atom stereocenters. The second kappa shape index (κ2) is 3.51. The molecule has 3 heteroatoms. The number of aromatic nitrogens is 1. The van der Waals surface area contributed by atoms with Gasteiger partial charge in [0.05, 0.1) is 5.69 Å². The van der Waals surface area contributed by atoms with Crippen molar-refractivity contribution in [2.75, 3.05) is 5.43 Å². The van der Waals surface area contributed by atoms with E-state index in [4.69, 9.17) is 0 Å². The van der Waals surface area contributed by atoms with E-state index in [0.29, 0.717) is 6.71 Å². The van der Waals surface area contributed by atoms with Gasteiger partial charge in [0.1, 0.15) is 0 Å². The highest BCUT2D eigenvalue weighted by atomic mass is 15.4. The third kappa shape index (κ3) is 1.13. The smallest absolute Gasteiger partial charge is 0.162 e. The van der Waals surface area contributed by atoms with Crippen LogP contribution in [0.4, 0.5) is 5.69 Å². The summed E-state index contributed by atoms with van der Waals surface area (Å²) in [6, 6.07) is 21.7. The van der Waals surface area contributed by atoms with Gasteiger partial charge >= 0.3 is 6.71 Å². The average Bonchev–Trinajstić information content (AvgIpc) is 2.85. The number of hydrogen-bond donors (Lipinski definition) is 1. The summed E-state index contributed by atoms with van der Waals surface area (Å²) in [6.45, 7) is 0.347. The van der Waals surface area contributed by atoms with Gasteiger partial charge in [-0.3, -0.25) is 0 Å². The molecule has 0 radical (unpaired) electrons. The van der Waals surface area contributed by atoms with Gasteiger partial charge in [0.2, 0.25) is 0 Å². The summed E-state index contributed by atoms with van der Waals surface area (Å²) >= 11 is 0. The molecule has 92 valence electrons. The molecule has 0 spiro atoms. The van der Waals surface area contributed by atoms with Crippen molar-refractivity contribution in [3.63, 3.8) is 0 Å². The van der Waals surface area contributed by atoms with Gasteiger partial charge in [-0.05, 0) is 28.7 Å². The fraction of sp³-hybridized carbons (Fsp3) is 0. The third-order valence-electron chi connectivity index (χ3n) is 4.38. The maximum Gasteiger partial charge on any atom is 0.333 e. The van der Waals surface area contributed by atoms with E-state index in [1.165, 1.54) is 33.3 Å². The Kier molecular flexibility index (Phi) is 1.80. The van der Waals surface area contributed by atoms with Crippen LogP contribution in [0.2, 0.25) is 0 Å². The minimum atomic E-state index is 0.347. The SMILES string of the molecule is c1ccc2c(c1)B1c3c(cccc3-2)N[n+]2ccccc21. The fourth-order valence-electron chi connectivity index (χ4n) is 3.59. The Hall–Kier alpha value is -2.55. The molecule has 3 aromatic rings. The second-order valence-corrected chi connectivity index (χ2v) is 5.39. The average molecular weight is 255 g/mol. The molecule has 20 heavy (non-hydrogen) atoms. The van der Waals surface area contributed by atoms with Crippen molar-refractivity contribution in [1.82, 2.24) is 0 Å². The molecule has 3 heterocycles. The van der Waals surface area contributed by atoms with Gasteiger partial charge in [-0.2, -0.15) is 5.43 Å². The molecule has 5 rings (SSSR count). The predicted octanol–water partition coefficient (Wildman–Crippen LogP) is 0.659. The first-order valence-corrected chi connectivity index (χ1v) is 6.93. The van der Waals surface area contributed by atoms with Crippen molar-refractivity contribution in [2.45, 2.75) is 0 Å². The molecule has 0 saturated heterocycles. The lowest BCUT2D eigenvalue weighted by molar-refractivity contribution is -0.625. The normalized spacial score (nSPS) is 13.3. The summed E-state index contributed by atoms with van der Waals surface area (Å²) in [4.78, 5) is 0. The Morgan fingerprint density at radius 1 is 0.800 bits per heavy atom. The molecule has 0 saturated carbocycles. The van der Waals surface area contributed by atoms with E-state index in [2.05, 4.69) is 77.0 Å². The number of fused-ring (bicyclic) bond motifs is 5. The molecule has 2 aliphatic heterocycles. The van der Waals surface area contributed by atoms with Crippen LogP contribution in [-0.2, 0) is 0 Å². The molecule has 2 aliphatic rings. The van der Waals surface area contributed by atoms with Gasteiger partial charge in [-0.25, -0.2) is 0 Å². The summed E-state index contributed by atoms with van der Waals surface area (Å²) in [5.74, 6) is 0. The van der Waals surface area contributed by atoms with Gasteiger partial charge < -0.3 is 0 Å². The number of pyridine rings is 1. The molecule has 0 fully saturated rings. The van der Waals surface area contributed by atoms with E-state index >= 15 is 0 Å². The molecule has 2 aromatic carbocycles. The molecular formula is C17H12BN2+. The highest BCUT2D eigenvalue weighted by Gasteiger charge is 2.44. The number of anilines is 1. The van der Waals surface area contributed by atoms with Gasteiger partial charge in [0.25, 0.3) is 0 Å². The minimum Gasteiger partial charge on any atom is -0.162 e. The number of nitrogens with zero attached hydrogens (tertiary/aromatic N) is 1. The largest absolute Gasteiger partial charge is 0.333 e. The highest BCUT2D eigenvalue weighted by molar-refractivity contribution is 6.99. The lowest BCUT2D eigenvalue weighted by atomic mass is 9.40. The Morgan fingerprint density at radius 2 is 1.65 bits per heavy atom. The summed E-state index contributed by atoms with van der Waals surface area (Å²) < 4.78 is 2.14. The van der Waals surface area contributed by atoms with Crippen LogP contribution >= 0.6 is 0 Å². The molecule has 2 nitrogen and oxygen atoms in total. The van der Waals surface area contributed by atoms with Crippen LogP contribution in [0, 0.1) is 0 Å². The second-order valence-electron chi connectivity index (χ2n) is 5.39. The van der Waals surface area contributed by atoms with Crippen molar-refractivity contribution >= 4 is 28.9 Å². The van der Waals surface area contributed by atoms with E-state index in [1.807, 2.05) is 0 Å². The quantitative estimate of drug-likeness (QED) is 0.317. The first-order valence-electron chi connectivity index (χ1n) is 6.93. The maximum atomic E-state index is 3.50. The minimum absolute atomic E-state index is 0.347. The van der Waals surface area contributed by atoms with Crippen molar-refractivity contribution < 1.29 is 4.68 Å². The zero-order chi connectivity index (χ0) is 13.1. The van der Waals surface area contributed by atoms with Crippen molar-refractivity contribution in [3.05, 3.63) is 66.9 Å². The van der Waals surface area contributed by atoms with Gasteiger partial charge in [-0.1, -0.05) is 52.6 Å². The van der Waals surface area contributed by atoms with Gasteiger partial charge in [0.15, 0.2) is 11.8 Å². The number of hydrogen-bond acceptors (Lipinski definition) is 1. The van der Waals surface area contributed by atoms with Crippen LogP contribution in [-0.4, -0.2) is 6.71 Å². The monoisotopic (exact) mass is 255 g/mol. The zero-order valence-corrected chi connectivity index (χ0v) is 10.9. The van der Waals surface area contributed by atoms with Gasteiger partial charge in [0, 0.05) is 6.07 Å². The molecule has 0 atom stereocenters. The van der Waals surface area contributed by atoms with E-state index < -0.39 is 0 Å². The highest BCUT2D eigenvalue weighted by Crippen LogP contribution is 2.26. The van der Waals surface area contributed by atoms with Crippen LogP contribution in [0.1, 0.15) is 0 Å². The topological polar surface area (TPSA) is 15.9 Å². The first kappa shape index (κ1) is 10.3. The van der Waals surface area contributed by atoms with Crippen LogP contribution in [0.5, 0.6) is 0 Å². The molecule has 0 amide bonds. The number of rotatable bonds is 0. The summed E-state index contributed by atoms with van der Waals surface area (Å²) in [5, 5.41) is 0. The standard InChI is InChI=1S/C17H12BN2/c1-2-8-14-12(6-1)13-7-5-9-15-17(13)18(14)16-10-3-4-11-20(16)19-15/h1-11,19H/q+1. The molecule has 0 bridgehead atoms. The zero-order valence-electron chi connectivity index (χ0n) is 10.9. The van der Waals surface area contributed by atoms with Gasteiger partial charge in [-0.15, -0.1) is 0 Å². The van der Waals surface area contributed by atoms with Crippen molar-refractivity contribution in [1.29, 1.82) is 0 Å². The molecule has 1 N–H and O–H groups in total. The van der Waals surface area contributed by atoms with E-state index in [9.17, 15) is 0 Å². The lowest BCUT2D eigenvalue weighted by Gasteiger charge is -2.18. The molecule has 1 aromatic heterocycles. The fourth-order valence-corrected chi connectivity index (χ4v) is 3.59. The van der Waals surface area contributed by atoms with E-state index in [-0.39, 0.29) is 0 Å². The maximum absolute atomic E-state index is 3.50. The summed E-state index contributed by atoms with van der Waals surface area (Å²) in [6.07, 6.45) is 2.09. The van der Waals surface area contributed by atoms with Crippen LogP contribution < -0.4 is 26.6 Å². The van der Waals surface area contributed by atoms with Crippen molar-refractivity contribution in [2.24, 2.45) is 0 Å². The van der Waals surface area contributed by atoms with Crippen molar-refractivity contribution in [3.8, 4) is 11.1 Å². The third-order valence-corrected chi connectivity index (χ3v) is 4.38. The Morgan fingerprint density at radius 3 is 2.65 bits per heavy atom. The Labute approximate surface area is 117 Å².